The van der Waals surface area contributed by atoms with E-state index in [0.717, 1.165) is 16.7 Å². The molecule has 0 bridgehead atoms. The molecular weight excluding hydrogens is 254 g/mol. The fourth-order valence-corrected chi connectivity index (χ4v) is 2.10. The Hall–Kier alpha value is -2.30. The molecule has 0 aliphatic carbocycles. The van der Waals surface area contributed by atoms with Crippen molar-refractivity contribution in [2.24, 2.45) is 14.1 Å². The highest BCUT2D eigenvalue weighted by Crippen LogP contribution is 2.11. The maximum Gasteiger partial charge on any atom is 0.330 e. The van der Waals surface area contributed by atoms with Crippen molar-refractivity contribution >= 4 is 5.69 Å². The fraction of sp³-hybridized carbons (Fsp3) is 0.333. The van der Waals surface area contributed by atoms with Crippen LogP contribution >= 0.6 is 0 Å². The summed E-state index contributed by atoms with van der Waals surface area (Å²) in [5, 5.41) is 3.22. The lowest BCUT2D eigenvalue weighted by molar-refractivity contribution is 0.671. The summed E-state index contributed by atoms with van der Waals surface area (Å²) in [6, 6.07) is 8.08. The van der Waals surface area contributed by atoms with Crippen LogP contribution in [-0.4, -0.2) is 9.13 Å². The third-order valence-corrected chi connectivity index (χ3v) is 3.34. The summed E-state index contributed by atoms with van der Waals surface area (Å²) in [4.78, 5) is 23.6. The van der Waals surface area contributed by atoms with Crippen molar-refractivity contribution < 1.29 is 0 Å². The van der Waals surface area contributed by atoms with Gasteiger partial charge in [0.15, 0.2) is 0 Å². The van der Waals surface area contributed by atoms with E-state index in [-0.39, 0.29) is 11.2 Å². The predicted molar refractivity (Wildman–Crippen MR) is 80.1 cm³/mol. The van der Waals surface area contributed by atoms with Crippen LogP contribution in [-0.2, 0) is 27.1 Å². The van der Waals surface area contributed by atoms with E-state index in [1.54, 1.807) is 13.2 Å². The van der Waals surface area contributed by atoms with Crippen LogP contribution in [0, 0.1) is 0 Å². The van der Waals surface area contributed by atoms with Crippen molar-refractivity contribution in [2.45, 2.75) is 19.9 Å². The Labute approximate surface area is 117 Å². The second-order valence-electron chi connectivity index (χ2n) is 4.82. The molecule has 2 rings (SSSR count). The van der Waals surface area contributed by atoms with E-state index < -0.39 is 0 Å². The molecule has 0 spiro atoms. The molecule has 0 radical (unpaired) electrons. The van der Waals surface area contributed by atoms with Gasteiger partial charge < -0.3 is 9.88 Å². The summed E-state index contributed by atoms with van der Waals surface area (Å²) < 4.78 is 2.54. The minimum atomic E-state index is -0.313. The number of anilines is 1. The molecule has 106 valence electrons. The molecule has 0 aliphatic heterocycles. The van der Waals surface area contributed by atoms with Gasteiger partial charge in [-0.25, -0.2) is 4.79 Å². The number of benzene rings is 1. The standard InChI is InChI=1S/C15H19N3O2/c1-4-11-6-5-7-13(8-11)16-9-12-10-17(2)15(20)18(3)14(12)19/h5-8,10,16H,4,9H2,1-3H3. The van der Waals surface area contributed by atoms with Crippen LogP contribution in [0.25, 0.3) is 0 Å². The molecule has 0 amide bonds. The zero-order valence-electron chi connectivity index (χ0n) is 12.0. The molecule has 20 heavy (non-hydrogen) atoms. The average Bonchev–Trinajstić information content (AvgIpc) is 2.47. The summed E-state index contributed by atoms with van der Waals surface area (Å²) in [5.74, 6) is 0. The van der Waals surface area contributed by atoms with Gasteiger partial charge in [0.25, 0.3) is 5.56 Å². The van der Waals surface area contributed by atoms with Gasteiger partial charge in [0.1, 0.15) is 0 Å². The van der Waals surface area contributed by atoms with Crippen LogP contribution in [0.2, 0.25) is 0 Å². The largest absolute Gasteiger partial charge is 0.381 e. The molecule has 0 fully saturated rings. The van der Waals surface area contributed by atoms with Crippen LogP contribution in [0.4, 0.5) is 5.69 Å². The van der Waals surface area contributed by atoms with Crippen molar-refractivity contribution in [1.29, 1.82) is 0 Å². The number of aryl methyl sites for hydroxylation is 2. The Morgan fingerprint density at radius 3 is 2.65 bits per heavy atom. The van der Waals surface area contributed by atoms with Gasteiger partial charge in [0, 0.05) is 32.5 Å². The highest BCUT2D eigenvalue weighted by molar-refractivity contribution is 5.46. The zero-order valence-corrected chi connectivity index (χ0v) is 12.0. The minimum Gasteiger partial charge on any atom is -0.381 e. The Bertz CT molecular complexity index is 729. The van der Waals surface area contributed by atoms with E-state index in [0.29, 0.717) is 12.1 Å². The maximum atomic E-state index is 12.0. The second kappa shape index (κ2) is 5.77. The molecule has 0 atom stereocenters. The molecule has 1 heterocycles. The van der Waals surface area contributed by atoms with E-state index >= 15 is 0 Å². The van der Waals surface area contributed by atoms with Gasteiger partial charge in [-0.3, -0.25) is 9.36 Å². The van der Waals surface area contributed by atoms with Crippen molar-refractivity contribution in [3.8, 4) is 0 Å². The molecule has 5 nitrogen and oxygen atoms in total. The smallest absolute Gasteiger partial charge is 0.330 e. The summed E-state index contributed by atoms with van der Waals surface area (Å²) in [6.07, 6.45) is 2.55. The van der Waals surface area contributed by atoms with Gasteiger partial charge in [0.05, 0.1) is 5.56 Å². The number of hydrogen-bond donors (Lipinski definition) is 1. The molecule has 2 aromatic rings. The number of hydrogen-bond acceptors (Lipinski definition) is 3. The first kappa shape index (κ1) is 14.1. The molecule has 0 aliphatic rings. The number of nitrogens with zero attached hydrogens (tertiary/aromatic N) is 2. The number of nitrogens with one attached hydrogen (secondary N) is 1. The SMILES string of the molecule is CCc1cccc(NCc2cn(C)c(=O)n(C)c2=O)c1. The molecule has 5 heteroatoms. The van der Waals surface area contributed by atoms with Crippen molar-refractivity contribution in [3.63, 3.8) is 0 Å². The molecule has 1 N–H and O–H groups in total. The highest BCUT2D eigenvalue weighted by atomic mass is 16.2. The Kier molecular flexibility index (Phi) is 4.08. The summed E-state index contributed by atoms with van der Waals surface area (Å²) >= 11 is 0. The Morgan fingerprint density at radius 2 is 1.95 bits per heavy atom. The normalized spacial score (nSPS) is 10.6. The molecule has 1 aromatic carbocycles. The lowest BCUT2D eigenvalue weighted by Gasteiger charge is -2.09. The predicted octanol–water partition coefficient (Wildman–Crippen LogP) is 1.26. The first-order valence-electron chi connectivity index (χ1n) is 6.61. The first-order chi connectivity index (χ1) is 9.52. The molecule has 1 aromatic heterocycles. The lowest BCUT2D eigenvalue weighted by atomic mass is 10.1. The Balaban J connectivity index is 2.23. The molecular formula is C15H19N3O2. The van der Waals surface area contributed by atoms with E-state index in [2.05, 4.69) is 24.4 Å². The van der Waals surface area contributed by atoms with E-state index in [4.69, 9.17) is 0 Å². The average molecular weight is 273 g/mol. The van der Waals surface area contributed by atoms with E-state index in [9.17, 15) is 9.59 Å². The van der Waals surface area contributed by atoms with Crippen molar-refractivity contribution in [2.75, 3.05) is 5.32 Å². The second-order valence-corrected chi connectivity index (χ2v) is 4.82. The summed E-state index contributed by atoms with van der Waals surface area (Å²) in [5.41, 5.74) is 2.21. The van der Waals surface area contributed by atoms with Crippen LogP contribution < -0.4 is 16.6 Å². The first-order valence-corrected chi connectivity index (χ1v) is 6.61. The molecule has 0 saturated heterocycles. The summed E-state index contributed by atoms with van der Waals surface area (Å²) in [6.45, 7) is 2.50. The van der Waals surface area contributed by atoms with Crippen LogP contribution in [0.1, 0.15) is 18.1 Å². The monoisotopic (exact) mass is 273 g/mol. The zero-order chi connectivity index (χ0) is 14.7. The van der Waals surface area contributed by atoms with Gasteiger partial charge in [-0.15, -0.1) is 0 Å². The fourth-order valence-electron chi connectivity index (χ4n) is 2.10. The highest BCUT2D eigenvalue weighted by Gasteiger charge is 2.06. The molecule has 0 saturated carbocycles. The van der Waals surface area contributed by atoms with Crippen molar-refractivity contribution in [1.82, 2.24) is 9.13 Å². The van der Waals surface area contributed by atoms with Gasteiger partial charge in [-0.1, -0.05) is 19.1 Å². The number of aromatic nitrogens is 2. The van der Waals surface area contributed by atoms with E-state index in [1.165, 1.54) is 17.2 Å². The van der Waals surface area contributed by atoms with Crippen molar-refractivity contribution in [3.05, 3.63) is 62.4 Å². The third kappa shape index (κ3) is 2.82. The van der Waals surface area contributed by atoms with Crippen LogP contribution in [0.3, 0.4) is 0 Å². The number of rotatable bonds is 4. The lowest BCUT2D eigenvalue weighted by Crippen LogP contribution is -2.38. The van der Waals surface area contributed by atoms with E-state index in [1.807, 2.05) is 12.1 Å². The van der Waals surface area contributed by atoms with Crippen LogP contribution in [0.15, 0.2) is 40.1 Å². The summed E-state index contributed by atoms with van der Waals surface area (Å²) in [7, 11) is 3.13. The Morgan fingerprint density at radius 1 is 1.20 bits per heavy atom. The molecule has 0 unspecified atom stereocenters. The quantitative estimate of drug-likeness (QED) is 0.912. The topological polar surface area (TPSA) is 56.0 Å². The third-order valence-electron chi connectivity index (χ3n) is 3.34. The van der Waals surface area contributed by atoms with Gasteiger partial charge in [-0.05, 0) is 24.1 Å². The maximum absolute atomic E-state index is 12.0. The van der Waals surface area contributed by atoms with Gasteiger partial charge in [-0.2, -0.15) is 0 Å². The van der Waals surface area contributed by atoms with Gasteiger partial charge >= 0.3 is 5.69 Å². The minimum absolute atomic E-state index is 0.257. The van der Waals surface area contributed by atoms with Crippen LogP contribution in [0.5, 0.6) is 0 Å². The van der Waals surface area contributed by atoms with Gasteiger partial charge in [0.2, 0.25) is 0 Å².